The van der Waals surface area contributed by atoms with E-state index in [1.54, 1.807) is 0 Å². The second-order valence-electron chi connectivity index (χ2n) is 5.68. The summed E-state index contributed by atoms with van der Waals surface area (Å²) in [5.41, 5.74) is 0. The summed E-state index contributed by atoms with van der Waals surface area (Å²) < 4.78 is 5.67. The van der Waals surface area contributed by atoms with E-state index in [1.165, 1.54) is 19.3 Å². The Morgan fingerprint density at radius 1 is 1.24 bits per heavy atom. The fraction of sp³-hybridized carbons (Fsp3) is 0.933. The van der Waals surface area contributed by atoms with Crippen LogP contribution < -0.4 is 0 Å². The van der Waals surface area contributed by atoms with Gasteiger partial charge in [-0.15, -0.1) is 0 Å². The van der Waals surface area contributed by atoms with Crippen molar-refractivity contribution in [1.29, 1.82) is 0 Å². The molecule has 0 aromatic carbocycles. The lowest BCUT2D eigenvalue weighted by Crippen LogP contribution is -2.33. The van der Waals surface area contributed by atoms with Gasteiger partial charge in [0.15, 0.2) is 0 Å². The first-order valence-corrected chi connectivity index (χ1v) is 7.34. The van der Waals surface area contributed by atoms with Crippen LogP contribution >= 0.6 is 0 Å². The maximum Gasteiger partial charge on any atom is 0.306 e. The fourth-order valence-corrected chi connectivity index (χ4v) is 2.78. The lowest BCUT2D eigenvalue weighted by molar-refractivity contribution is -0.154. The van der Waals surface area contributed by atoms with Gasteiger partial charge >= 0.3 is 5.97 Å². The molecule has 0 aliphatic heterocycles. The Morgan fingerprint density at radius 3 is 2.59 bits per heavy atom. The molecule has 100 valence electrons. The zero-order chi connectivity index (χ0) is 12.7. The average Bonchev–Trinajstić information content (AvgIpc) is 2.29. The lowest BCUT2D eigenvalue weighted by Gasteiger charge is -2.33. The van der Waals surface area contributed by atoms with Gasteiger partial charge in [0.25, 0.3) is 0 Å². The van der Waals surface area contributed by atoms with E-state index >= 15 is 0 Å². The molecule has 0 spiro atoms. The molecule has 2 nitrogen and oxygen atoms in total. The highest BCUT2D eigenvalue weighted by Crippen LogP contribution is 2.32. The first-order chi connectivity index (χ1) is 8.15. The van der Waals surface area contributed by atoms with Crippen molar-refractivity contribution in [3.8, 4) is 0 Å². The van der Waals surface area contributed by atoms with Crippen LogP contribution in [-0.2, 0) is 9.53 Å². The third-order valence-electron chi connectivity index (χ3n) is 3.88. The van der Waals surface area contributed by atoms with Crippen LogP contribution in [0.15, 0.2) is 0 Å². The highest BCUT2D eigenvalue weighted by molar-refractivity contribution is 5.69. The highest BCUT2D eigenvalue weighted by atomic mass is 16.5. The highest BCUT2D eigenvalue weighted by Gasteiger charge is 2.30. The SMILES string of the molecule is CCCCCC(=O)O[C@H]1CCCC[C@H]1C(C)C. The molecule has 1 aliphatic rings. The molecule has 1 aliphatic carbocycles. The van der Waals surface area contributed by atoms with Crippen molar-refractivity contribution in [3.05, 3.63) is 0 Å². The van der Waals surface area contributed by atoms with E-state index in [0.29, 0.717) is 18.3 Å². The molecule has 0 bridgehead atoms. The molecule has 0 radical (unpaired) electrons. The molecule has 0 saturated heterocycles. The molecule has 0 amide bonds. The molecule has 2 atom stereocenters. The number of rotatable bonds is 6. The summed E-state index contributed by atoms with van der Waals surface area (Å²) in [6, 6.07) is 0. The van der Waals surface area contributed by atoms with Gasteiger partial charge in [-0.1, -0.05) is 40.0 Å². The number of ether oxygens (including phenoxy) is 1. The summed E-state index contributed by atoms with van der Waals surface area (Å²) in [7, 11) is 0. The van der Waals surface area contributed by atoms with Crippen LogP contribution in [-0.4, -0.2) is 12.1 Å². The van der Waals surface area contributed by atoms with Crippen LogP contribution in [0, 0.1) is 11.8 Å². The standard InChI is InChI=1S/C15H28O2/c1-4-5-6-11-15(16)17-14-10-8-7-9-13(14)12(2)3/h12-14H,4-11H2,1-3H3/t13-,14-/m0/s1. The second-order valence-corrected chi connectivity index (χ2v) is 5.68. The Balaban J connectivity index is 2.34. The molecule has 0 unspecified atom stereocenters. The Bertz CT molecular complexity index is 223. The van der Waals surface area contributed by atoms with Crippen molar-refractivity contribution in [2.24, 2.45) is 11.8 Å². The number of hydrogen-bond acceptors (Lipinski definition) is 2. The largest absolute Gasteiger partial charge is 0.462 e. The monoisotopic (exact) mass is 240 g/mol. The first kappa shape index (κ1) is 14.5. The van der Waals surface area contributed by atoms with E-state index in [0.717, 1.165) is 25.7 Å². The lowest BCUT2D eigenvalue weighted by atomic mass is 9.79. The van der Waals surface area contributed by atoms with Gasteiger partial charge in [-0.2, -0.15) is 0 Å². The Hall–Kier alpha value is -0.530. The van der Waals surface area contributed by atoms with Gasteiger partial charge in [0.1, 0.15) is 6.10 Å². The van der Waals surface area contributed by atoms with Gasteiger partial charge in [0, 0.05) is 6.42 Å². The molecule has 0 N–H and O–H groups in total. The normalized spacial score (nSPS) is 24.9. The molecular formula is C15H28O2. The van der Waals surface area contributed by atoms with E-state index in [-0.39, 0.29) is 12.1 Å². The van der Waals surface area contributed by atoms with Crippen molar-refractivity contribution < 1.29 is 9.53 Å². The third kappa shape index (κ3) is 5.10. The van der Waals surface area contributed by atoms with E-state index in [9.17, 15) is 4.79 Å². The second kappa shape index (κ2) is 7.73. The van der Waals surface area contributed by atoms with Gasteiger partial charge in [0.2, 0.25) is 0 Å². The van der Waals surface area contributed by atoms with Crippen LogP contribution in [0.25, 0.3) is 0 Å². The topological polar surface area (TPSA) is 26.3 Å². The predicted octanol–water partition coefficient (Wildman–Crippen LogP) is 4.32. The molecule has 1 rings (SSSR count). The van der Waals surface area contributed by atoms with Crippen molar-refractivity contribution in [3.63, 3.8) is 0 Å². The van der Waals surface area contributed by atoms with Crippen LogP contribution in [0.2, 0.25) is 0 Å². The Labute approximate surface area is 106 Å². The number of carbonyl (C=O) groups is 1. The summed E-state index contributed by atoms with van der Waals surface area (Å²) in [6.07, 6.45) is 8.88. The minimum absolute atomic E-state index is 0.0241. The fourth-order valence-electron chi connectivity index (χ4n) is 2.78. The quantitative estimate of drug-likeness (QED) is 0.510. The summed E-state index contributed by atoms with van der Waals surface area (Å²) in [5.74, 6) is 1.23. The Kier molecular flexibility index (Phi) is 6.61. The maximum absolute atomic E-state index is 11.7. The Morgan fingerprint density at radius 2 is 1.94 bits per heavy atom. The van der Waals surface area contributed by atoms with Gasteiger partial charge in [-0.05, 0) is 37.5 Å². The summed E-state index contributed by atoms with van der Waals surface area (Å²) in [4.78, 5) is 11.7. The molecule has 1 fully saturated rings. The van der Waals surface area contributed by atoms with Crippen LogP contribution in [0.4, 0.5) is 0 Å². The van der Waals surface area contributed by atoms with Crippen LogP contribution in [0.5, 0.6) is 0 Å². The average molecular weight is 240 g/mol. The molecule has 1 saturated carbocycles. The molecular weight excluding hydrogens is 212 g/mol. The zero-order valence-corrected chi connectivity index (χ0v) is 11.7. The molecule has 17 heavy (non-hydrogen) atoms. The first-order valence-electron chi connectivity index (χ1n) is 7.34. The van der Waals surface area contributed by atoms with Crippen molar-refractivity contribution >= 4 is 5.97 Å². The van der Waals surface area contributed by atoms with Gasteiger partial charge in [0.05, 0.1) is 0 Å². The van der Waals surface area contributed by atoms with E-state index < -0.39 is 0 Å². The van der Waals surface area contributed by atoms with Crippen molar-refractivity contribution in [2.75, 3.05) is 0 Å². The molecule has 2 heteroatoms. The summed E-state index contributed by atoms with van der Waals surface area (Å²) >= 11 is 0. The van der Waals surface area contributed by atoms with E-state index in [4.69, 9.17) is 4.74 Å². The summed E-state index contributed by atoms with van der Waals surface area (Å²) in [5, 5.41) is 0. The van der Waals surface area contributed by atoms with Crippen LogP contribution in [0.1, 0.15) is 72.1 Å². The zero-order valence-electron chi connectivity index (χ0n) is 11.7. The minimum atomic E-state index is 0.0241. The number of unbranched alkanes of at least 4 members (excludes halogenated alkanes) is 2. The van der Waals surface area contributed by atoms with Crippen molar-refractivity contribution in [2.45, 2.75) is 78.2 Å². The number of carbonyl (C=O) groups excluding carboxylic acids is 1. The van der Waals surface area contributed by atoms with Gasteiger partial charge in [-0.25, -0.2) is 0 Å². The van der Waals surface area contributed by atoms with Gasteiger partial charge in [-0.3, -0.25) is 4.79 Å². The van der Waals surface area contributed by atoms with E-state index in [1.807, 2.05) is 0 Å². The van der Waals surface area contributed by atoms with Crippen LogP contribution in [0.3, 0.4) is 0 Å². The maximum atomic E-state index is 11.7. The van der Waals surface area contributed by atoms with Gasteiger partial charge < -0.3 is 4.74 Å². The predicted molar refractivity (Wildman–Crippen MR) is 70.8 cm³/mol. The van der Waals surface area contributed by atoms with Crippen molar-refractivity contribution in [1.82, 2.24) is 0 Å². The number of hydrogen-bond donors (Lipinski definition) is 0. The summed E-state index contributed by atoms with van der Waals surface area (Å²) in [6.45, 7) is 6.64. The van der Waals surface area contributed by atoms with E-state index in [2.05, 4.69) is 20.8 Å². The molecule has 0 heterocycles. The molecule has 0 aromatic heterocycles. The molecule has 0 aromatic rings. The number of esters is 1. The smallest absolute Gasteiger partial charge is 0.306 e. The third-order valence-corrected chi connectivity index (χ3v) is 3.88. The minimum Gasteiger partial charge on any atom is -0.462 e.